The van der Waals surface area contributed by atoms with Gasteiger partial charge in [-0.1, -0.05) is 21.6 Å². The van der Waals surface area contributed by atoms with Gasteiger partial charge in [0.1, 0.15) is 5.75 Å². The smallest absolute Gasteiger partial charge is 0.304 e. The van der Waals surface area contributed by atoms with Gasteiger partial charge in [0.2, 0.25) is 0 Å². The molecule has 0 aliphatic carbocycles. The van der Waals surface area contributed by atoms with Crippen LogP contribution in [0.4, 0.5) is 0 Å². The topological polar surface area (TPSA) is 86.6 Å². The summed E-state index contributed by atoms with van der Waals surface area (Å²) in [5.74, 6) is 0.528. The molecule has 3 N–H and O–H groups in total. The molecule has 5 nitrogen and oxygen atoms in total. The number of benzene rings is 1. The standard InChI is InChI=1S/C14H19NO4S2/c1-9-7-11(8-10(2)13(9)18)14(19)15-4-6-21-20-5-3-12(16)17/h7-8,18H,3-6H2,1-2H3,(H,15,19)(H,16,17). The van der Waals surface area contributed by atoms with E-state index in [1.165, 1.54) is 21.6 Å². The van der Waals surface area contributed by atoms with Crippen LogP contribution >= 0.6 is 21.6 Å². The number of nitrogens with one attached hydrogen (secondary N) is 1. The van der Waals surface area contributed by atoms with Crippen molar-refractivity contribution in [2.75, 3.05) is 18.1 Å². The molecule has 0 fully saturated rings. The molecule has 0 aliphatic rings. The Balaban J connectivity index is 2.30. The number of aromatic hydroxyl groups is 1. The number of hydrogen-bond acceptors (Lipinski definition) is 5. The van der Waals surface area contributed by atoms with Crippen molar-refractivity contribution in [3.63, 3.8) is 0 Å². The summed E-state index contributed by atoms with van der Waals surface area (Å²) in [7, 11) is 3.03. The fourth-order valence-electron chi connectivity index (χ4n) is 1.64. The molecule has 21 heavy (non-hydrogen) atoms. The molecule has 7 heteroatoms. The Morgan fingerprint density at radius 3 is 2.29 bits per heavy atom. The summed E-state index contributed by atoms with van der Waals surface area (Å²) < 4.78 is 0. The average Bonchev–Trinajstić information content (AvgIpc) is 2.42. The molecule has 1 aromatic rings. The molecule has 1 rings (SSSR count). The molecule has 0 aliphatic heterocycles. The molecular formula is C14H19NO4S2. The number of aliphatic carboxylic acids is 1. The highest BCUT2D eigenvalue weighted by molar-refractivity contribution is 8.76. The fraction of sp³-hybridized carbons (Fsp3) is 0.429. The van der Waals surface area contributed by atoms with Crippen molar-refractivity contribution in [2.45, 2.75) is 20.3 Å². The first kappa shape index (κ1) is 17.7. The van der Waals surface area contributed by atoms with Crippen molar-refractivity contribution < 1.29 is 19.8 Å². The van der Waals surface area contributed by atoms with Gasteiger partial charge in [-0.2, -0.15) is 0 Å². The second-order valence-corrected chi connectivity index (χ2v) is 7.20. The largest absolute Gasteiger partial charge is 0.507 e. The van der Waals surface area contributed by atoms with Gasteiger partial charge >= 0.3 is 5.97 Å². The Morgan fingerprint density at radius 2 is 1.71 bits per heavy atom. The van der Waals surface area contributed by atoms with Crippen LogP contribution in [0.2, 0.25) is 0 Å². The maximum Gasteiger partial charge on any atom is 0.304 e. The van der Waals surface area contributed by atoms with E-state index in [4.69, 9.17) is 5.11 Å². The fourth-order valence-corrected chi connectivity index (χ4v) is 3.53. The molecule has 0 saturated carbocycles. The molecule has 1 aromatic carbocycles. The van der Waals surface area contributed by atoms with Gasteiger partial charge in [-0.05, 0) is 37.1 Å². The van der Waals surface area contributed by atoms with Gasteiger partial charge in [0.25, 0.3) is 5.91 Å². The summed E-state index contributed by atoms with van der Waals surface area (Å²) in [5.41, 5.74) is 1.89. The first-order valence-electron chi connectivity index (χ1n) is 6.46. The molecule has 0 heterocycles. The molecule has 0 spiro atoms. The molecular weight excluding hydrogens is 310 g/mol. The molecule has 0 radical (unpaired) electrons. The zero-order valence-electron chi connectivity index (χ0n) is 12.0. The summed E-state index contributed by atoms with van der Waals surface area (Å²) in [6.45, 7) is 4.03. The van der Waals surface area contributed by atoms with Crippen LogP contribution in [0.15, 0.2) is 12.1 Å². The molecule has 0 aromatic heterocycles. The van der Waals surface area contributed by atoms with Crippen LogP contribution in [-0.4, -0.2) is 40.1 Å². The SMILES string of the molecule is Cc1cc(C(=O)NCCSSCCC(=O)O)cc(C)c1O. The number of phenols is 1. The highest BCUT2D eigenvalue weighted by Gasteiger charge is 2.09. The van der Waals surface area contributed by atoms with Crippen LogP contribution < -0.4 is 5.32 Å². The number of rotatable bonds is 8. The van der Waals surface area contributed by atoms with Gasteiger partial charge < -0.3 is 15.5 Å². The van der Waals surface area contributed by atoms with Gasteiger partial charge in [-0.25, -0.2) is 0 Å². The predicted octanol–water partition coefficient (Wildman–Crippen LogP) is 2.59. The lowest BCUT2D eigenvalue weighted by Crippen LogP contribution is -2.25. The van der Waals surface area contributed by atoms with Crippen LogP contribution in [0.1, 0.15) is 27.9 Å². The number of aryl methyl sites for hydroxylation is 2. The van der Waals surface area contributed by atoms with Crippen molar-refractivity contribution in [3.8, 4) is 5.75 Å². The maximum absolute atomic E-state index is 12.0. The second-order valence-electron chi connectivity index (χ2n) is 4.50. The van der Waals surface area contributed by atoms with Crippen molar-refractivity contribution in [1.82, 2.24) is 5.32 Å². The molecule has 0 saturated heterocycles. The van der Waals surface area contributed by atoms with Gasteiger partial charge in [0.15, 0.2) is 0 Å². The minimum absolute atomic E-state index is 0.149. The predicted molar refractivity (Wildman–Crippen MR) is 87.1 cm³/mol. The van der Waals surface area contributed by atoms with E-state index in [-0.39, 0.29) is 18.1 Å². The third kappa shape index (κ3) is 6.31. The number of amides is 1. The van der Waals surface area contributed by atoms with E-state index in [1.54, 1.807) is 26.0 Å². The number of carboxylic acid groups (broad SMARTS) is 1. The maximum atomic E-state index is 12.0. The van der Waals surface area contributed by atoms with Gasteiger partial charge in [0, 0.05) is 23.6 Å². The Bertz CT molecular complexity index is 497. The molecule has 116 valence electrons. The lowest BCUT2D eigenvalue weighted by molar-refractivity contribution is -0.136. The molecule has 0 atom stereocenters. The molecule has 0 unspecified atom stereocenters. The van der Waals surface area contributed by atoms with E-state index in [0.717, 1.165) is 0 Å². The summed E-state index contributed by atoms with van der Waals surface area (Å²) in [6.07, 6.45) is 0.149. The van der Waals surface area contributed by atoms with Crippen LogP contribution in [-0.2, 0) is 4.79 Å². The van der Waals surface area contributed by atoms with Crippen molar-refractivity contribution in [1.29, 1.82) is 0 Å². The van der Waals surface area contributed by atoms with E-state index in [0.29, 0.717) is 34.7 Å². The van der Waals surface area contributed by atoms with Crippen molar-refractivity contribution in [2.24, 2.45) is 0 Å². The van der Waals surface area contributed by atoms with Crippen LogP contribution in [0.25, 0.3) is 0 Å². The highest BCUT2D eigenvalue weighted by atomic mass is 33.1. The summed E-state index contributed by atoms with van der Waals surface area (Å²) >= 11 is 0. The second kappa shape index (κ2) is 8.84. The number of carboxylic acids is 1. The third-order valence-electron chi connectivity index (χ3n) is 2.71. The number of hydrogen-bond donors (Lipinski definition) is 3. The first-order valence-corrected chi connectivity index (χ1v) is 8.95. The Hall–Kier alpha value is -1.34. The van der Waals surface area contributed by atoms with Crippen LogP contribution in [0.3, 0.4) is 0 Å². The van der Waals surface area contributed by atoms with E-state index in [1.807, 2.05) is 0 Å². The van der Waals surface area contributed by atoms with Crippen molar-refractivity contribution >= 4 is 33.5 Å². The Morgan fingerprint density at radius 1 is 1.14 bits per heavy atom. The lowest BCUT2D eigenvalue weighted by atomic mass is 10.1. The normalized spacial score (nSPS) is 10.4. The van der Waals surface area contributed by atoms with Crippen LogP contribution in [0, 0.1) is 13.8 Å². The van der Waals surface area contributed by atoms with Gasteiger partial charge in [-0.3, -0.25) is 9.59 Å². The monoisotopic (exact) mass is 329 g/mol. The molecule has 0 bridgehead atoms. The quantitative estimate of drug-likeness (QED) is 0.502. The summed E-state index contributed by atoms with van der Waals surface area (Å²) in [5, 5.41) is 21.0. The summed E-state index contributed by atoms with van der Waals surface area (Å²) in [4.78, 5) is 22.3. The van der Waals surface area contributed by atoms with Gasteiger partial charge in [0.05, 0.1) is 6.42 Å². The Labute approximate surface area is 131 Å². The van der Waals surface area contributed by atoms with E-state index in [9.17, 15) is 14.7 Å². The highest BCUT2D eigenvalue weighted by Crippen LogP contribution is 2.23. The van der Waals surface area contributed by atoms with Gasteiger partial charge in [-0.15, -0.1) is 0 Å². The first-order chi connectivity index (χ1) is 9.91. The number of carbonyl (C=O) groups excluding carboxylic acids is 1. The number of phenolic OH excluding ortho intramolecular Hbond substituents is 1. The average molecular weight is 329 g/mol. The van der Waals surface area contributed by atoms with E-state index >= 15 is 0 Å². The van der Waals surface area contributed by atoms with Crippen LogP contribution in [0.5, 0.6) is 5.75 Å². The lowest BCUT2D eigenvalue weighted by Gasteiger charge is -2.08. The molecule has 1 amide bonds. The zero-order chi connectivity index (χ0) is 15.8. The minimum atomic E-state index is -0.797. The number of carbonyl (C=O) groups is 2. The van der Waals surface area contributed by atoms with E-state index < -0.39 is 5.97 Å². The Kier molecular flexibility index (Phi) is 7.45. The zero-order valence-corrected chi connectivity index (χ0v) is 13.6. The summed E-state index contributed by atoms with van der Waals surface area (Å²) in [6, 6.07) is 3.32. The van der Waals surface area contributed by atoms with E-state index in [2.05, 4.69) is 5.32 Å². The minimum Gasteiger partial charge on any atom is -0.507 e. The van der Waals surface area contributed by atoms with Crippen molar-refractivity contribution in [3.05, 3.63) is 28.8 Å². The third-order valence-corrected chi connectivity index (χ3v) is 5.12.